The third-order valence-electron chi connectivity index (χ3n) is 4.56. The van der Waals surface area contributed by atoms with Crippen molar-refractivity contribution in [2.75, 3.05) is 25.2 Å². The fourth-order valence-electron chi connectivity index (χ4n) is 3.12. The molecule has 0 spiro atoms. The number of hydrogen-bond acceptors (Lipinski definition) is 5. The van der Waals surface area contributed by atoms with E-state index in [1.807, 2.05) is 24.3 Å². The lowest BCUT2D eigenvalue weighted by molar-refractivity contribution is -0.127. The van der Waals surface area contributed by atoms with Crippen LogP contribution in [0.2, 0.25) is 0 Å². The summed E-state index contributed by atoms with van der Waals surface area (Å²) in [5, 5.41) is 0.587. The van der Waals surface area contributed by atoms with Gasteiger partial charge in [-0.3, -0.25) is 14.5 Å². The highest BCUT2D eigenvalue weighted by molar-refractivity contribution is 7.22. The van der Waals surface area contributed by atoms with Crippen molar-refractivity contribution in [3.63, 3.8) is 0 Å². The van der Waals surface area contributed by atoms with Crippen LogP contribution in [-0.2, 0) is 4.79 Å². The number of fused-ring (bicyclic) bond motifs is 1. The fourth-order valence-corrected chi connectivity index (χ4v) is 4.08. The Hall–Kier alpha value is -2.93. The number of methoxy groups -OCH3 is 1. The van der Waals surface area contributed by atoms with E-state index < -0.39 is 0 Å². The Labute approximate surface area is 161 Å². The van der Waals surface area contributed by atoms with Gasteiger partial charge in [0.25, 0.3) is 5.91 Å². The summed E-state index contributed by atoms with van der Waals surface area (Å²) < 4.78 is 6.24. The second-order valence-corrected chi connectivity index (χ2v) is 7.34. The van der Waals surface area contributed by atoms with Gasteiger partial charge < -0.3 is 9.64 Å². The Kier molecular flexibility index (Phi) is 4.77. The Morgan fingerprint density at radius 2 is 2.11 bits per heavy atom. The molecular formula is C20H19N3O3S. The third kappa shape index (κ3) is 3.50. The number of benzene rings is 2. The molecule has 2 heterocycles. The summed E-state index contributed by atoms with van der Waals surface area (Å²) in [6.45, 7) is 0.861. The number of carbonyl (C=O) groups is 2. The zero-order valence-corrected chi connectivity index (χ0v) is 15.7. The van der Waals surface area contributed by atoms with Crippen LogP contribution in [0.15, 0.2) is 48.5 Å². The molecule has 3 aromatic rings. The molecule has 1 fully saturated rings. The van der Waals surface area contributed by atoms with Crippen LogP contribution in [0.5, 0.6) is 5.75 Å². The lowest BCUT2D eigenvalue weighted by atomic mass is 10.2. The summed E-state index contributed by atoms with van der Waals surface area (Å²) in [5.41, 5.74) is 1.34. The molecule has 7 heteroatoms. The van der Waals surface area contributed by atoms with Crippen molar-refractivity contribution in [3.8, 4) is 5.75 Å². The first-order valence-electron chi connectivity index (χ1n) is 8.75. The largest absolute Gasteiger partial charge is 0.497 e. The van der Waals surface area contributed by atoms with E-state index in [9.17, 15) is 9.59 Å². The molecule has 0 bridgehead atoms. The summed E-state index contributed by atoms with van der Waals surface area (Å²) in [4.78, 5) is 33.3. The van der Waals surface area contributed by atoms with E-state index in [0.29, 0.717) is 29.4 Å². The van der Waals surface area contributed by atoms with Gasteiger partial charge in [-0.2, -0.15) is 0 Å². The summed E-state index contributed by atoms with van der Waals surface area (Å²) in [6, 6.07) is 14.8. The molecule has 27 heavy (non-hydrogen) atoms. The van der Waals surface area contributed by atoms with Crippen LogP contribution >= 0.6 is 11.3 Å². The number of rotatable bonds is 5. The number of aromatic nitrogens is 1. The lowest BCUT2D eigenvalue weighted by Gasteiger charge is -2.26. The van der Waals surface area contributed by atoms with Gasteiger partial charge in [-0.1, -0.05) is 29.5 Å². The van der Waals surface area contributed by atoms with E-state index in [1.165, 1.54) is 11.3 Å². The maximum atomic E-state index is 13.3. The van der Waals surface area contributed by atoms with Gasteiger partial charge in [0.05, 0.1) is 17.3 Å². The van der Waals surface area contributed by atoms with Crippen molar-refractivity contribution in [2.45, 2.75) is 12.8 Å². The van der Waals surface area contributed by atoms with E-state index in [1.54, 1.807) is 41.2 Å². The number of thiazole rings is 1. The topological polar surface area (TPSA) is 62.7 Å². The quantitative estimate of drug-likeness (QED) is 0.678. The lowest BCUT2D eigenvalue weighted by Crippen LogP contribution is -2.42. The first-order chi connectivity index (χ1) is 13.2. The molecule has 0 unspecified atom stereocenters. The average Bonchev–Trinajstić information content (AvgIpc) is 3.31. The van der Waals surface area contributed by atoms with Gasteiger partial charge in [0.15, 0.2) is 5.13 Å². The van der Waals surface area contributed by atoms with Crippen LogP contribution in [-0.4, -0.2) is 42.0 Å². The van der Waals surface area contributed by atoms with Crippen molar-refractivity contribution in [1.82, 2.24) is 9.88 Å². The summed E-state index contributed by atoms with van der Waals surface area (Å²) in [7, 11) is 1.57. The van der Waals surface area contributed by atoms with Crippen LogP contribution in [0.3, 0.4) is 0 Å². The predicted molar refractivity (Wildman–Crippen MR) is 105 cm³/mol. The minimum atomic E-state index is -0.201. The zero-order chi connectivity index (χ0) is 18.8. The van der Waals surface area contributed by atoms with Crippen molar-refractivity contribution in [2.24, 2.45) is 0 Å². The van der Waals surface area contributed by atoms with Crippen LogP contribution in [0.1, 0.15) is 23.2 Å². The van der Waals surface area contributed by atoms with Gasteiger partial charge in [0, 0.05) is 18.5 Å². The van der Waals surface area contributed by atoms with Gasteiger partial charge in [-0.15, -0.1) is 0 Å². The van der Waals surface area contributed by atoms with Crippen LogP contribution in [0, 0.1) is 0 Å². The molecule has 0 saturated carbocycles. The predicted octanol–water partition coefficient (Wildman–Crippen LogP) is 3.53. The minimum absolute atomic E-state index is 0.0690. The highest BCUT2D eigenvalue weighted by atomic mass is 32.1. The molecule has 138 valence electrons. The van der Waals surface area contributed by atoms with Crippen LogP contribution in [0.25, 0.3) is 10.2 Å². The number of amides is 2. The summed E-state index contributed by atoms with van der Waals surface area (Å²) in [6.07, 6.45) is 1.35. The van der Waals surface area contributed by atoms with Gasteiger partial charge >= 0.3 is 0 Å². The number of nitrogens with zero attached hydrogens (tertiary/aromatic N) is 3. The van der Waals surface area contributed by atoms with Crippen molar-refractivity contribution < 1.29 is 14.3 Å². The van der Waals surface area contributed by atoms with Gasteiger partial charge in [0.1, 0.15) is 12.4 Å². The van der Waals surface area contributed by atoms with Gasteiger partial charge in [0.2, 0.25) is 5.91 Å². The number of para-hydroxylation sites is 1. The highest BCUT2D eigenvalue weighted by Crippen LogP contribution is 2.30. The van der Waals surface area contributed by atoms with E-state index in [0.717, 1.165) is 16.6 Å². The minimum Gasteiger partial charge on any atom is -0.497 e. The van der Waals surface area contributed by atoms with E-state index >= 15 is 0 Å². The molecule has 2 aromatic carbocycles. The zero-order valence-electron chi connectivity index (χ0n) is 14.9. The van der Waals surface area contributed by atoms with Crippen LogP contribution < -0.4 is 9.64 Å². The first-order valence-corrected chi connectivity index (χ1v) is 9.56. The normalized spacial score (nSPS) is 14.0. The van der Waals surface area contributed by atoms with Gasteiger partial charge in [-0.05, 0) is 36.8 Å². The Balaban J connectivity index is 1.72. The highest BCUT2D eigenvalue weighted by Gasteiger charge is 2.28. The molecule has 4 rings (SSSR count). The monoisotopic (exact) mass is 381 g/mol. The molecule has 1 aromatic heterocycles. The second-order valence-electron chi connectivity index (χ2n) is 6.33. The van der Waals surface area contributed by atoms with Crippen molar-refractivity contribution in [1.29, 1.82) is 0 Å². The molecule has 1 aliphatic heterocycles. The Bertz CT molecular complexity index is 968. The summed E-state index contributed by atoms with van der Waals surface area (Å²) in [5.74, 6) is 0.481. The van der Waals surface area contributed by atoms with E-state index in [-0.39, 0.29) is 18.5 Å². The molecule has 1 aliphatic rings. The summed E-state index contributed by atoms with van der Waals surface area (Å²) >= 11 is 1.45. The van der Waals surface area contributed by atoms with Gasteiger partial charge in [-0.25, -0.2) is 4.98 Å². The van der Waals surface area contributed by atoms with Crippen molar-refractivity contribution >= 4 is 38.5 Å². The molecule has 2 amide bonds. The average molecular weight is 381 g/mol. The molecule has 0 N–H and O–H groups in total. The van der Waals surface area contributed by atoms with E-state index in [2.05, 4.69) is 4.98 Å². The molecule has 0 atom stereocenters. The SMILES string of the molecule is COc1cccc(C(=O)N(CN2CCCC2=O)c2nc3ccccc3s2)c1. The maximum Gasteiger partial charge on any atom is 0.261 e. The van der Waals surface area contributed by atoms with Crippen LogP contribution in [0.4, 0.5) is 5.13 Å². The Morgan fingerprint density at radius 1 is 1.26 bits per heavy atom. The number of likely N-dealkylation sites (tertiary alicyclic amines) is 1. The molecule has 0 aliphatic carbocycles. The molecule has 0 radical (unpaired) electrons. The first kappa shape index (κ1) is 17.5. The third-order valence-corrected chi connectivity index (χ3v) is 5.62. The molecule has 6 nitrogen and oxygen atoms in total. The Morgan fingerprint density at radius 3 is 2.85 bits per heavy atom. The standard InChI is InChI=1S/C20H19N3O3S/c1-26-15-7-4-6-14(12-15)19(25)23(13-22-11-5-10-18(22)24)20-21-16-8-2-3-9-17(16)27-20/h2-4,6-9,12H,5,10-11,13H2,1H3. The number of anilines is 1. The molecular weight excluding hydrogens is 362 g/mol. The molecule has 1 saturated heterocycles. The fraction of sp³-hybridized carbons (Fsp3) is 0.250. The van der Waals surface area contributed by atoms with Crippen molar-refractivity contribution in [3.05, 3.63) is 54.1 Å². The van der Waals surface area contributed by atoms with E-state index in [4.69, 9.17) is 4.74 Å². The maximum absolute atomic E-state index is 13.3. The smallest absolute Gasteiger partial charge is 0.261 e. The number of ether oxygens (including phenoxy) is 1. The number of hydrogen-bond donors (Lipinski definition) is 0. The second kappa shape index (κ2) is 7.36. The number of carbonyl (C=O) groups excluding carboxylic acids is 2.